The van der Waals surface area contributed by atoms with Crippen molar-refractivity contribution in [3.63, 3.8) is 0 Å². The second-order valence-corrected chi connectivity index (χ2v) is 1.15. The first-order valence-corrected chi connectivity index (χ1v) is 2.95. The Morgan fingerprint density at radius 3 is 2.90 bits per heavy atom. The van der Waals surface area contributed by atoms with Gasteiger partial charge in [0.2, 0.25) is 0 Å². The van der Waals surface area contributed by atoms with Crippen LogP contribution in [0.25, 0.3) is 0 Å². The molecular weight excluding hydrogens is 155 g/mol. The fraction of sp³-hybridized carbons (Fsp3) is 0.750. The molecule has 0 aliphatic carbocycles. The Balaban J connectivity index is 0. The van der Waals surface area contributed by atoms with E-state index in [1.165, 1.54) is 7.05 Å². The second-order valence-electron chi connectivity index (χ2n) is 1.15. The molecule has 0 fully saturated rings. The second kappa shape index (κ2) is 11.3. The van der Waals surface area contributed by atoms with Crippen LogP contribution in [0.1, 0.15) is 6.42 Å². The van der Waals surface area contributed by atoms with Crippen molar-refractivity contribution in [2.24, 2.45) is 0 Å². The van der Waals surface area contributed by atoms with E-state index in [-0.39, 0.29) is 13.0 Å². The van der Waals surface area contributed by atoms with Gasteiger partial charge in [0, 0.05) is 7.05 Å². The van der Waals surface area contributed by atoms with Gasteiger partial charge in [0.1, 0.15) is 0 Å². The van der Waals surface area contributed by atoms with Crippen LogP contribution in [0.3, 0.4) is 0 Å². The molecule has 0 aromatic heterocycles. The molecule has 6 heteroatoms. The molecule has 0 heterocycles. The summed E-state index contributed by atoms with van der Waals surface area (Å²) >= 11 is 0. The van der Waals surface area contributed by atoms with E-state index in [1.807, 2.05) is 0 Å². The van der Waals surface area contributed by atoms with Crippen molar-refractivity contribution in [1.29, 1.82) is 5.15 Å². The summed E-state index contributed by atoms with van der Waals surface area (Å²) in [5, 5.41) is 10.7. The van der Waals surface area contributed by atoms with Crippen LogP contribution in [0, 0.1) is 5.15 Å². The minimum Gasteiger partial charge on any atom is -0.396 e. The first-order chi connectivity index (χ1) is 5.22. The molecule has 60 valence electrons. The fourth-order valence-corrected chi connectivity index (χ4v) is 0.256. The van der Waals surface area contributed by atoms with Gasteiger partial charge in [0.15, 0.2) is 1.41 Å². The molecular formula is C4H11N2O3P. The average Bonchev–Trinajstić information content (AvgIpc) is 1.90. The van der Waals surface area contributed by atoms with Gasteiger partial charge >= 0.3 is 5.97 Å². The Morgan fingerprint density at radius 2 is 2.60 bits per heavy atom. The van der Waals surface area contributed by atoms with Crippen LogP contribution in [0.5, 0.6) is 0 Å². The molecule has 0 aromatic carbocycles. The molecule has 5 nitrogen and oxygen atoms in total. The Labute approximate surface area is 62.9 Å². The summed E-state index contributed by atoms with van der Waals surface area (Å²) in [6.07, 6.45) is 0.0425. The monoisotopic (exact) mass is 167 g/mol. The Kier molecular flexibility index (Phi) is 10.7. The van der Waals surface area contributed by atoms with Gasteiger partial charge in [-0.3, -0.25) is 9.95 Å². The molecule has 10 heavy (non-hydrogen) atoms. The molecule has 3 N–H and O–H groups in total. The molecule has 0 unspecified atom stereocenters. The van der Waals surface area contributed by atoms with Gasteiger partial charge in [-0.05, 0) is 9.03 Å². The van der Waals surface area contributed by atoms with E-state index < -0.39 is 5.97 Å². The van der Waals surface area contributed by atoms with E-state index in [2.05, 4.69) is 24.5 Å². The normalized spacial score (nSPS) is 8.40. The van der Waals surface area contributed by atoms with E-state index in [4.69, 9.17) is 6.52 Å². The van der Waals surface area contributed by atoms with Gasteiger partial charge in [-0.25, -0.2) is 0 Å². The Morgan fingerprint density at radius 1 is 2.10 bits per heavy atom. The van der Waals surface area contributed by atoms with E-state index in [0.29, 0.717) is 0 Å². The summed E-state index contributed by atoms with van der Waals surface area (Å²) in [5.74, 6) is -0.449. The highest BCUT2D eigenvalue weighted by Crippen LogP contribution is 1.78. The third-order valence-electron chi connectivity index (χ3n) is 0.532. The standard InChI is InChI=1S/C4H9NO3.H2NP/c1-5-8-4(7)2-3-6;1-2/h5-6H,2-3H2,1H3;1-2H/i/hD. The number of hydroxylamine groups is 1. The van der Waals surface area contributed by atoms with Gasteiger partial charge in [-0.2, -0.15) is 5.48 Å². The molecule has 0 aliphatic heterocycles. The van der Waals surface area contributed by atoms with E-state index in [0.717, 1.165) is 0 Å². The van der Waals surface area contributed by atoms with Gasteiger partial charge in [-0.1, -0.05) is 0 Å². The maximum atomic E-state index is 10.2. The van der Waals surface area contributed by atoms with Crippen LogP contribution in [0.4, 0.5) is 0 Å². The van der Waals surface area contributed by atoms with Crippen molar-refractivity contribution < 1.29 is 16.2 Å². The summed E-state index contributed by atoms with van der Waals surface area (Å²) in [6.45, 7) is -0.166. The molecule has 0 saturated carbocycles. The van der Waals surface area contributed by atoms with E-state index in [1.54, 1.807) is 0 Å². The van der Waals surface area contributed by atoms with Gasteiger partial charge < -0.3 is 9.94 Å². The predicted molar refractivity (Wildman–Crippen MR) is 37.9 cm³/mol. The minimum absolute atomic E-state index is 0.0425. The molecule has 0 bridgehead atoms. The highest BCUT2D eigenvalue weighted by Gasteiger charge is 1.96. The van der Waals surface area contributed by atoms with Crippen LogP contribution in [-0.2, 0) is 9.63 Å². The topological polar surface area (TPSA) is 82.4 Å². The van der Waals surface area contributed by atoms with Crippen LogP contribution < -0.4 is 5.48 Å². The number of carbonyl (C=O) groups is 1. The van der Waals surface area contributed by atoms with Crippen LogP contribution in [0.2, 0.25) is 1.41 Å². The van der Waals surface area contributed by atoms with Crippen LogP contribution in [-0.4, -0.2) is 24.7 Å². The zero-order valence-corrected chi connectivity index (χ0v) is 6.63. The van der Waals surface area contributed by atoms with Crippen molar-refractivity contribution in [3.05, 3.63) is 0 Å². The lowest BCUT2D eigenvalue weighted by atomic mass is 10.5. The Hall–Kier alpha value is -0.510. The summed E-state index contributed by atoms with van der Waals surface area (Å²) in [6, 6.07) is 0. The SMILES string of the molecule is CNOC(=O)CCO.[2H]N=P. The molecule has 0 radical (unpaired) electrons. The quantitative estimate of drug-likeness (QED) is 0.406. The molecule has 0 spiro atoms. The zero-order chi connectivity index (χ0) is 9.11. The molecule has 0 amide bonds. The lowest BCUT2D eigenvalue weighted by Crippen LogP contribution is -2.15. The number of aliphatic hydroxyl groups is 1. The summed E-state index contributed by atoms with van der Waals surface area (Å²) in [5.41, 5.74) is 2.19. The van der Waals surface area contributed by atoms with E-state index in [9.17, 15) is 4.79 Å². The van der Waals surface area contributed by atoms with Crippen molar-refractivity contribution in [1.82, 2.24) is 5.48 Å². The van der Waals surface area contributed by atoms with Crippen molar-refractivity contribution in [3.8, 4) is 0 Å². The summed E-state index contributed by atoms with van der Waals surface area (Å²) < 4.78 is 5.75. The van der Waals surface area contributed by atoms with E-state index >= 15 is 0 Å². The third-order valence-corrected chi connectivity index (χ3v) is 0.532. The number of carbonyl (C=O) groups excluding carboxylic acids is 1. The highest BCUT2D eigenvalue weighted by atomic mass is 31.0. The van der Waals surface area contributed by atoms with Gasteiger partial charge in [0.25, 0.3) is 0 Å². The lowest BCUT2D eigenvalue weighted by Gasteiger charge is -1.96. The van der Waals surface area contributed by atoms with Crippen molar-refractivity contribution in [2.45, 2.75) is 6.42 Å². The predicted octanol–water partition coefficient (Wildman–Crippen LogP) is -0.0620. The largest absolute Gasteiger partial charge is 0.396 e. The lowest BCUT2D eigenvalue weighted by molar-refractivity contribution is -0.150. The molecule has 0 rings (SSSR count). The molecule has 0 saturated heterocycles. The third kappa shape index (κ3) is 10.5. The number of aliphatic hydroxyl groups excluding tert-OH is 1. The maximum Gasteiger partial charge on any atom is 0.327 e. The molecule has 0 aliphatic rings. The maximum absolute atomic E-state index is 10.2. The smallest absolute Gasteiger partial charge is 0.327 e. The first kappa shape index (κ1) is 9.49. The van der Waals surface area contributed by atoms with Crippen LogP contribution in [0.15, 0.2) is 0 Å². The number of hydrogen-bond donors (Lipinski definition) is 3. The van der Waals surface area contributed by atoms with Gasteiger partial charge in [0.05, 0.1) is 13.0 Å². The fourth-order valence-electron chi connectivity index (χ4n) is 0.256. The minimum atomic E-state index is -0.449. The summed E-state index contributed by atoms with van der Waals surface area (Å²) in [4.78, 5) is 14.4. The molecule has 0 aromatic rings. The Bertz CT molecular complexity index is 106. The number of nitrogens with one attached hydrogen (secondary N) is 2. The van der Waals surface area contributed by atoms with Crippen molar-refractivity contribution in [2.75, 3.05) is 13.7 Å². The van der Waals surface area contributed by atoms with Gasteiger partial charge in [-0.15, -0.1) is 0 Å². The van der Waals surface area contributed by atoms with Crippen molar-refractivity contribution >= 4 is 15.0 Å². The average molecular weight is 167 g/mol. The number of rotatable bonds is 3. The molecule has 0 atom stereocenters. The zero-order valence-electron chi connectivity index (χ0n) is 6.63. The highest BCUT2D eigenvalue weighted by molar-refractivity contribution is 7.02. The number of hydrogen-bond acceptors (Lipinski definition) is 5. The first-order valence-electron chi connectivity index (χ1n) is 2.95. The summed E-state index contributed by atoms with van der Waals surface area (Å²) in [7, 11) is 3.96. The van der Waals surface area contributed by atoms with Crippen LogP contribution >= 0.6 is 9.03 Å².